The van der Waals surface area contributed by atoms with Crippen molar-refractivity contribution in [2.75, 3.05) is 0 Å². The molecule has 0 aliphatic carbocycles. The summed E-state index contributed by atoms with van der Waals surface area (Å²) >= 11 is 3.46. The van der Waals surface area contributed by atoms with Crippen molar-refractivity contribution in [3.05, 3.63) is 29.6 Å². The third kappa shape index (κ3) is 3.71. The van der Waals surface area contributed by atoms with E-state index in [4.69, 9.17) is 0 Å². The van der Waals surface area contributed by atoms with E-state index in [0.29, 0.717) is 6.42 Å². The molecule has 0 radical (unpaired) electrons. The van der Waals surface area contributed by atoms with Crippen LogP contribution in [0.1, 0.15) is 31.9 Å². The molecule has 16 heavy (non-hydrogen) atoms. The summed E-state index contributed by atoms with van der Waals surface area (Å²) in [6.07, 6.45) is 4.33. The summed E-state index contributed by atoms with van der Waals surface area (Å²) in [4.78, 5) is 16.0. The zero-order chi connectivity index (χ0) is 12.3. The summed E-state index contributed by atoms with van der Waals surface area (Å²) in [5.41, 5.74) is 1.92. The monoisotopic (exact) mass is 283 g/mol. The number of nitrogens with zero attached hydrogens (tertiary/aromatic N) is 1. The van der Waals surface area contributed by atoms with Crippen LogP contribution in [0, 0.1) is 12.3 Å². The first-order chi connectivity index (χ1) is 7.30. The molecule has 1 unspecified atom stereocenters. The van der Waals surface area contributed by atoms with Crippen LogP contribution in [0.3, 0.4) is 0 Å². The van der Waals surface area contributed by atoms with Gasteiger partial charge in [-0.3, -0.25) is 9.78 Å². The largest absolute Gasteiger partial charge is 0.298 e. The molecule has 0 saturated heterocycles. The number of aromatic nitrogens is 1. The van der Waals surface area contributed by atoms with Gasteiger partial charge in [0.1, 0.15) is 0 Å². The number of pyridine rings is 1. The van der Waals surface area contributed by atoms with E-state index in [-0.39, 0.29) is 16.0 Å². The van der Waals surface area contributed by atoms with Crippen molar-refractivity contribution in [3.8, 4) is 0 Å². The molecule has 0 aliphatic heterocycles. The molecule has 0 aromatic carbocycles. The zero-order valence-corrected chi connectivity index (χ0v) is 11.8. The van der Waals surface area contributed by atoms with Gasteiger partial charge in [0.15, 0.2) is 5.78 Å². The van der Waals surface area contributed by atoms with Crippen LogP contribution in [-0.2, 0) is 11.2 Å². The van der Waals surface area contributed by atoms with Crippen molar-refractivity contribution in [1.82, 2.24) is 4.98 Å². The van der Waals surface area contributed by atoms with Crippen LogP contribution in [0.4, 0.5) is 0 Å². The van der Waals surface area contributed by atoms with Crippen LogP contribution >= 0.6 is 15.9 Å². The Morgan fingerprint density at radius 3 is 2.56 bits per heavy atom. The van der Waals surface area contributed by atoms with E-state index in [1.807, 2.05) is 40.1 Å². The smallest absolute Gasteiger partial charge is 0.152 e. The second-order valence-electron chi connectivity index (χ2n) is 5.16. The van der Waals surface area contributed by atoms with Gasteiger partial charge in [-0.1, -0.05) is 42.8 Å². The van der Waals surface area contributed by atoms with Crippen molar-refractivity contribution < 1.29 is 4.79 Å². The standard InChI is InChI=1S/C13H18BrNO/c1-9-5-10(8-15-7-9)6-11(14)12(16)13(2,3)4/h5,7-8,11H,6H2,1-4H3. The third-order valence-electron chi connectivity index (χ3n) is 2.37. The highest BCUT2D eigenvalue weighted by Gasteiger charge is 2.27. The lowest BCUT2D eigenvalue weighted by molar-refractivity contribution is -0.125. The average Bonchev–Trinajstić information content (AvgIpc) is 2.15. The topological polar surface area (TPSA) is 30.0 Å². The number of rotatable bonds is 3. The Labute approximate surface area is 106 Å². The lowest BCUT2D eigenvalue weighted by Gasteiger charge is -2.20. The fraction of sp³-hybridized carbons (Fsp3) is 0.538. The minimum atomic E-state index is -0.300. The molecule has 0 spiro atoms. The van der Waals surface area contributed by atoms with Gasteiger partial charge in [-0.15, -0.1) is 0 Å². The van der Waals surface area contributed by atoms with E-state index in [0.717, 1.165) is 11.1 Å². The van der Waals surface area contributed by atoms with Gasteiger partial charge in [0.05, 0.1) is 4.83 Å². The summed E-state index contributed by atoms with van der Waals surface area (Å²) in [6, 6.07) is 2.07. The summed E-state index contributed by atoms with van der Waals surface area (Å²) in [5, 5.41) is 0. The van der Waals surface area contributed by atoms with E-state index >= 15 is 0 Å². The fourth-order valence-electron chi connectivity index (χ4n) is 1.50. The Kier molecular flexibility index (Phi) is 4.25. The normalized spacial score (nSPS) is 13.6. The third-order valence-corrected chi connectivity index (χ3v) is 3.11. The number of alkyl halides is 1. The Balaban J connectivity index is 2.72. The van der Waals surface area contributed by atoms with Gasteiger partial charge in [0.25, 0.3) is 0 Å². The molecule has 1 rings (SSSR count). The molecule has 2 nitrogen and oxygen atoms in total. The van der Waals surface area contributed by atoms with Crippen molar-refractivity contribution in [2.45, 2.75) is 38.9 Å². The van der Waals surface area contributed by atoms with Crippen LogP contribution in [0.15, 0.2) is 18.5 Å². The van der Waals surface area contributed by atoms with E-state index in [2.05, 4.69) is 27.0 Å². The molecule has 88 valence electrons. The van der Waals surface area contributed by atoms with Crippen LogP contribution < -0.4 is 0 Å². The minimum Gasteiger partial charge on any atom is -0.298 e. The predicted molar refractivity (Wildman–Crippen MR) is 69.9 cm³/mol. The Morgan fingerprint density at radius 2 is 2.06 bits per heavy atom. The maximum atomic E-state index is 12.0. The summed E-state index contributed by atoms with van der Waals surface area (Å²) in [5.74, 6) is 0.231. The second-order valence-corrected chi connectivity index (χ2v) is 6.26. The van der Waals surface area contributed by atoms with Crippen LogP contribution in [0.5, 0.6) is 0 Å². The molecule has 1 atom stereocenters. The minimum absolute atomic E-state index is 0.129. The van der Waals surface area contributed by atoms with E-state index in [1.54, 1.807) is 0 Å². The molecule has 1 aromatic rings. The highest BCUT2D eigenvalue weighted by atomic mass is 79.9. The lowest BCUT2D eigenvalue weighted by atomic mass is 9.87. The summed E-state index contributed by atoms with van der Waals surface area (Å²) < 4.78 is 0. The number of hydrogen-bond donors (Lipinski definition) is 0. The van der Waals surface area contributed by atoms with E-state index in [1.165, 1.54) is 0 Å². The molecule has 0 aliphatic rings. The van der Waals surface area contributed by atoms with Crippen molar-refractivity contribution in [1.29, 1.82) is 0 Å². The van der Waals surface area contributed by atoms with Crippen molar-refractivity contribution >= 4 is 21.7 Å². The van der Waals surface area contributed by atoms with Gasteiger partial charge in [-0.2, -0.15) is 0 Å². The Bertz CT molecular complexity index is 382. The second kappa shape index (κ2) is 5.09. The maximum Gasteiger partial charge on any atom is 0.152 e. The number of halogens is 1. The molecule has 3 heteroatoms. The number of hydrogen-bond acceptors (Lipinski definition) is 2. The van der Waals surface area contributed by atoms with Crippen LogP contribution in [0.25, 0.3) is 0 Å². The maximum absolute atomic E-state index is 12.0. The molecule has 0 N–H and O–H groups in total. The number of carbonyl (C=O) groups excluding carboxylic acids is 1. The first kappa shape index (κ1) is 13.4. The molecule has 0 saturated carbocycles. The van der Waals surface area contributed by atoms with Crippen LogP contribution in [-0.4, -0.2) is 15.6 Å². The van der Waals surface area contributed by atoms with Gasteiger partial charge in [0, 0.05) is 17.8 Å². The number of ketones is 1. The van der Waals surface area contributed by atoms with Crippen LogP contribution in [0.2, 0.25) is 0 Å². The van der Waals surface area contributed by atoms with Gasteiger partial charge < -0.3 is 0 Å². The Morgan fingerprint density at radius 1 is 1.44 bits per heavy atom. The molecular formula is C13H18BrNO. The molecular weight excluding hydrogens is 266 g/mol. The van der Waals surface area contributed by atoms with Gasteiger partial charge in [0.2, 0.25) is 0 Å². The highest BCUT2D eigenvalue weighted by Crippen LogP contribution is 2.23. The van der Waals surface area contributed by atoms with E-state index < -0.39 is 0 Å². The first-order valence-electron chi connectivity index (χ1n) is 5.39. The number of aryl methyl sites for hydroxylation is 1. The van der Waals surface area contributed by atoms with Crippen molar-refractivity contribution in [2.24, 2.45) is 5.41 Å². The van der Waals surface area contributed by atoms with Gasteiger partial charge in [-0.05, 0) is 24.5 Å². The lowest BCUT2D eigenvalue weighted by Crippen LogP contribution is -2.30. The summed E-state index contributed by atoms with van der Waals surface area (Å²) in [7, 11) is 0. The first-order valence-corrected chi connectivity index (χ1v) is 6.31. The quantitative estimate of drug-likeness (QED) is 0.797. The fourth-order valence-corrected chi connectivity index (χ4v) is 2.56. The SMILES string of the molecule is Cc1cncc(CC(Br)C(=O)C(C)(C)C)c1. The van der Waals surface area contributed by atoms with E-state index in [9.17, 15) is 4.79 Å². The van der Waals surface area contributed by atoms with Crippen molar-refractivity contribution in [3.63, 3.8) is 0 Å². The highest BCUT2D eigenvalue weighted by molar-refractivity contribution is 9.10. The zero-order valence-electron chi connectivity index (χ0n) is 10.2. The number of carbonyl (C=O) groups is 1. The Hall–Kier alpha value is -0.700. The number of Topliss-reactive ketones (excluding diaryl/α,β-unsaturated/α-hetero) is 1. The summed E-state index contributed by atoms with van der Waals surface area (Å²) in [6.45, 7) is 7.83. The molecule has 0 bridgehead atoms. The van der Waals surface area contributed by atoms with Gasteiger partial charge in [-0.25, -0.2) is 0 Å². The molecule has 1 aromatic heterocycles. The predicted octanol–water partition coefficient (Wildman–Crippen LogP) is 3.31. The molecule has 0 fully saturated rings. The average molecular weight is 284 g/mol. The van der Waals surface area contributed by atoms with Gasteiger partial charge >= 0.3 is 0 Å². The molecule has 0 amide bonds. The molecule has 1 heterocycles.